The van der Waals surface area contributed by atoms with Crippen molar-refractivity contribution in [2.24, 2.45) is 0 Å². The van der Waals surface area contributed by atoms with Gasteiger partial charge in [0.1, 0.15) is 18.4 Å². The Morgan fingerprint density at radius 2 is 1.63 bits per heavy atom. The predicted molar refractivity (Wildman–Crippen MR) is 138 cm³/mol. The molecule has 1 N–H and O–H groups in total. The highest BCUT2D eigenvalue weighted by atomic mass is 79.9. The number of anilines is 1. The van der Waals surface area contributed by atoms with Crippen molar-refractivity contribution in [1.82, 2.24) is 14.5 Å². The van der Waals surface area contributed by atoms with Crippen LogP contribution in [0.5, 0.6) is 0 Å². The molecule has 11 heteroatoms. The Morgan fingerprint density at radius 1 is 1.06 bits per heavy atom. The van der Waals surface area contributed by atoms with Crippen LogP contribution in [0.4, 0.5) is 10.1 Å². The second kappa shape index (κ2) is 11.5. The molecule has 192 valence electrons. The van der Waals surface area contributed by atoms with E-state index in [4.69, 9.17) is 0 Å². The maximum atomic E-state index is 14.6. The van der Waals surface area contributed by atoms with Gasteiger partial charge in [0.15, 0.2) is 0 Å². The van der Waals surface area contributed by atoms with Crippen molar-refractivity contribution >= 4 is 43.6 Å². The monoisotopic (exact) mass is 570 g/mol. The number of halogens is 2. The first-order valence-electron chi connectivity index (χ1n) is 10.9. The summed E-state index contributed by atoms with van der Waals surface area (Å²) in [4.78, 5) is 27.8. The van der Waals surface area contributed by atoms with Gasteiger partial charge in [-0.1, -0.05) is 40.2 Å². The molecular formula is C24H32BrFN4O4S. The molecule has 0 saturated heterocycles. The summed E-state index contributed by atoms with van der Waals surface area (Å²) in [6, 6.07) is 11.6. The van der Waals surface area contributed by atoms with E-state index in [1.807, 2.05) is 20.8 Å². The topological polar surface area (TPSA) is 90.0 Å². The Morgan fingerprint density at radius 3 is 2.14 bits per heavy atom. The van der Waals surface area contributed by atoms with Crippen molar-refractivity contribution < 1.29 is 22.4 Å². The number of amides is 2. The first kappa shape index (κ1) is 28.7. The lowest BCUT2D eigenvalue weighted by Crippen LogP contribution is -2.55. The minimum absolute atomic E-state index is 0.0535. The summed E-state index contributed by atoms with van der Waals surface area (Å²) >= 11 is 3.37. The largest absolute Gasteiger partial charge is 0.350 e. The molecule has 0 aliphatic rings. The van der Waals surface area contributed by atoms with Crippen molar-refractivity contribution in [3.8, 4) is 0 Å². The van der Waals surface area contributed by atoms with Crippen LogP contribution in [0.25, 0.3) is 0 Å². The highest BCUT2D eigenvalue weighted by Gasteiger charge is 2.34. The number of hydrogen-bond donors (Lipinski definition) is 1. The molecule has 0 aliphatic heterocycles. The molecule has 35 heavy (non-hydrogen) atoms. The van der Waals surface area contributed by atoms with Crippen molar-refractivity contribution in [2.45, 2.75) is 45.8 Å². The second-order valence-electron chi connectivity index (χ2n) is 9.31. The number of nitrogens with zero attached hydrogens (tertiary/aromatic N) is 3. The number of benzene rings is 2. The van der Waals surface area contributed by atoms with Gasteiger partial charge in [-0.15, -0.1) is 0 Å². The highest BCUT2D eigenvalue weighted by molar-refractivity contribution is 9.10. The zero-order valence-electron chi connectivity index (χ0n) is 20.7. The van der Waals surface area contributed by atoms with E-state index < -0.39 is 46.0 Å². The summed E-state index contributed by atoms with van der Waals surface area (Å²) in [6.45, 7) is 6.40. The number of carbonyl (C=O) groups is 2. The number of hydrogen-bond acceptors (Lipinski definition) is 4. The maximum absolute atomic E-state index is 14.6. The van der Waals surface area contributed by atoms with E-state index in [1.165, 1.54) is 37.2 Å². The van der Waals surface area contributed by atoms with Gasteiger partial charge in [0, 0.05) is 30.7 Å². The summed E-state index contributed by atoms with van der Waals surface area (Å²) < 4.78 is 43.2. The molecular weight excluding hydrogens is 539 g/mol. The van der Waals surface area contributed by atoms with Crippen molar-refractivity contribution in [3.63, 3.8) is 0 Å². The summed E-state index contributed by atoms with van der Waals surface area (Å²) in [6.07, 6.45) is 0. The van der Waals surface area contributed by atoms with Crippen molar-refractivity contribution in [3.05, 3.63) is 64.4 Å². The molecule has 8 nitrogen and oxygen atoms in total. The Hall–Kier alpha value is -2.50. The Bertz CT molecular complexity index is 1150. The summed E-state index contributed by atoms with van der Waals surface area (Å²) in [7, 11) is -1.63. The zero-order valence-corrected chi connectivity index (χ0v) is 23.2. The van der Waals surface area contributed by atoms with E-state index in [-0.39, 0.29) is 12.2 Å². The molecule has 0 spiro atoms. The molecule has 0 heterocycles. The third-order valence-corrected chi connectivity index (χ3v) is 7.41. The second-order valence-corrected chi connectivity index (χ2v) is 12.3. The van der Waals surface area contributed by atoms with Gasteiger partial charge in [-0.25, -0.2) is 8.70 Å². The first-order chi connectivity index (χ1) is 16.1. The normalized spacial score (nSPS) is 12.8. The van der Waals surface area contributed by atoms with E-state index >= 15 is 0 Å². The van der Waals surface area contributed by atoms with Gasteiger partial charge in [-0.2, -0.15) is 12.7 Å². The molecule has 2 amide bonds. The zero-order chi connectivity index (χ0) is 26.6. The fraction of sp³-hybridized carbons (Fsp3) is 0.417. The van der Waals surface area contributed by atoms with Crippen LogP contribution in [-0.4, -0.2) is 61.7 Å². The molecule has 0 radical (unpaired) electrons. The van der Waals surface area contributed by atoms with Crippen LogP contribution in [0, 0.1) is 5.82 Å². The smallest absolute Gasteiger partial charge is 0.304 e. The summed E-state index contributed by atoms with van der Waals surface area (Å²) in [5.41, 5.74) is -0.0553. The predicted octanol–water partition coefficient (Wildman–Crippen LogP) is 3.53. The molecule has 0 fully saturated rings. The Balaban J connectivity index is 2.48. The van der Waals surface area contributed by atoms with Gasteiger partial charge in [-0.05, 0) is 57.5 Å². The maximum Gasteiger partial charge on any atom is 0.304 e. The molecule has 2 rings (SSSR count). The Labute approximate surface area is 215 Å². The average Bonchev–Trinajstić information content (AvgIpc) is 2.75. The number of carbonyl (C=O) groups excluding carboxylic acids is 2. The van der Waals surface area contributed by atoms with E-state index in [1.54, 1.807) is 31.2 Å². The van der Waals surface area contributed by atoms with Gasteiger partial charge in [-0.3, -0.25) is 9.59 Å². The standard InChI is InChI=1S/C24H32BrFN4O4S/c1-17(23(32)27-24(2,3)4)29(15-18-11-13-19(25)14-12-18)22(31)16-30(35(33,34)28(5)6)21-10-8-7-9-20(21)26/h7-14,17H,15-16H2,1-6H3,(H,27,32)/t17-/m0/s1. The SMILES string of the molecule is C[C@@H](C(=O)NC(C)(C)C)N(Cc1ccc(Br)cc1)C(=O)CN(c1ccccc1F)S(=O)(=O)N(C)C. The lowest BCUT2D eigenvalue weighted by atomic mass is 10.1. The molecule has 0 saturated carbocycles. The summed E-state index contributed by atoms with van der Waals surface area (Å²) in [5, 5.41) is 2.85. The van der Waals surface area contributed by atoms with Crippen LogP contribution in [0.2, 0.25) is 0 Å². The molecule has 0 aliphatic carbocycles. The highest BCUT2D eigenvalue weighted by Crippen LogP contribution is 2.24. The van der Waals surface area contributed by atoms with Crippen LogP contribution < -0.4 is 9.62 Å². The molecule has 0 aromatic heterocycles. The van der Waals surface area contributed by atoms with Gasteiger partial charge in [0.25, 0.3) is 0 Å². The van der Waals surface area contributed by atoms with Crippen molar-refractivity contribution in [2.75, 3.05) is 24.9 Å². The molecule has 1 atom stereocenters. The van der Waals surface area contributed by atoms with E-state index in [0.717, 1.165) is 20.4 Å². The first-order valence-corrected chi connectivity index (χ1v) is 13.1. The quantitative estimate of drug-likeness (QED) is 0.499. The fourth-order valence-corrected chi connectivity index (χ4v) is 4.53. The van der Waals surface area contributed by atoms with E-state index in [9.17, 15) is 22.4 Å². The van der Waals surface area contributed by atoms with Crippen LogP contribution >= 0.6 is 15.9 Å². The van der Waals surface area contributed by atoms with Gasteiger partial charge >= 0.3 is 10.2 Å². The average molecular weight is 572 g/mol. The van der Waals surface area contributed by atoms with Gasteiger partial charge in [0.05, 0.1) is 5.69 Å². The van der Waals surface area contributed by atoms with E-state index in [0.29, 0.717) is 4.31 Å². The molecule has 2 aromatic carbocycles. The van der Waals surface area contributed by atoms with E-state index in [2.05, 4.69) is 21.2 Å². The van der Waals surface area contributed by atoms with Crippen LogP contribution in [-0.2, 0) is 26.3 Å². The molecule has 0 bridgehead atoms. The third kappa shape index (κ3) is 7.74. The minimum atomic E-state index is -4.22. The van der Waals surface area contributed by atoms with Gasteiger partial charge in [0.2, 0.25) is 11.8 Å². The third-order valence-electron chi connectivity index (χ3n) is 5.07. The Kier molecular flexibility index (Phi) is 9.43. The van der Waals surface area contributed by atoms with Crippen LogP contribution in [0.3, 0.4) is 0 Å². The van der Waals surface area contributed by atoms with Crippen molar-refractivity contribution in [1.29, 1.82) is 0 Å². The summed E-state index contributed by atoms with van der Waals surface area (Å²) in [5.74, 6) is -1.84. The fourth-order valence-electron chi connectivity index (χ4n) is 3.20. The number of nitrogens with one attached hydrogen (secondary N) is 1. The number of para-hydroxylation sites is 1. The number of rotatable bonds is 9. The van der Waals surface area contributed by atoms with Crippen LogP contribution in [0.1, 0.15) is 33.3 Å². The minimum Gasteiger partial charge on any atom is -0.350 e. The molecule has 2 aromatic rings. The van der Waals surface area contributed by atoms with Crippen LogP contribution in [0.15, 0.2) is 53.0 Å². The lowest BCUT2D eigenvalue weighted by Gasteiger charge is -2.34. The lowest BCUT2D eigenvalue weighted by molar-refractivity contribution is -0.140. The van der Waals surface area contributed by atoms with Gasteiger partial charge < -0.3 is 10.2 Å². The molecule has 0 unspecified atom stereocenters.